The standard InChI is InChI=1S/C17H31N5S/c1-14-12-20-15(23-14)8-9-19-16(18-4)21-13-17(2,3)22-10-6-5-7-11-22/h12H,5-11,13H2,1-4H3,(H2,18,19,21). The number of guanidine groups is 1. The van der Waals surface area contributed by atoms with E-state index in [0.29, 0.717) is 0 Å². The smallest absolute Gasteiger partial charge is 0.191 e. The van der Waals surface area contributed by atoms with Gasteiger partial charge >= 0.3 is 0 Å². The van der Waals surface area contributed by atoms with Gasteiger partial charge in [-0.05, 0) is 46.7 Å². The Morgan fingerprint density at radius 2 is 2.04 bits per heavy atom. The van der Waals surface area contributed by atoms with Gasteiger partial charge in [-0.15, -0.1) is 11.3 Å². The zero-order valence-corrected chi connectivity index (χ0v) is 15.8. The summed E-state index contributed by atoms with van der Waals surface area (Å²) < 4.78 is 0. The van der Waals surface area contributed by atoms with Crippen molar-refractivity contribution in [1.29, 1.82) is 0 Å². The van der Waals surface area contributed by atoms with E-state index in [1.807, 2.05) is 13.2 Å². The highest BCUT2D eigenvalue weighted by atomic mass is 32.1. The third kappa shape index (κ3) is 5.77. The number of hydrogen-bond donors (Lipinski definition) is 2. The quantitative estimate of drug-likeness (QED) is 0.618. The summed E-state index contributed by atoms with van der Waals surface area (Å²) in [5.74, 6) is 0.878. The second kappa shape index (κ2) is 8.64. The van der Waals surface area contributed by atoms with Gasteiger partial charge in [-0.25, -0.2) is 4.98 Å². The molecule has 2 rings (SSSR count). The van der Waals surface area contributed by atoms with Crippen molar-refractivity contribution in [1.82, 2.24) is 20.5 Å². The van der Waals surface area contributed by atoms with Gasteiger partial charge in [0, 0.05) is 43.2 Å². The summed E-state index contributed by atoms with van der Waals surface area (Å²) in [6.45, 7) is 10.9. The van der Waals surface area contributed by atoms with Gasteiger partial charge in [0.05, 0.1) is 5.01 Å². The summed E-state index contributed by atoms with van der Waals surface area (Å²) in [7, 11) is 1.83. The second-order valence-electron chi connectivity index (χ2n) is 6.83. The summed E-state index contributed by atoms with van der Waals surface area (Å²) >= 11 is 1.77. The first-order valence-corrected chi connectivity index (χ1v) is 9.44. The van der Waals surface area contributed by atoms with E-state index >= 15 is 0 Å². The molecule has 0 atom stereocenters. The van der Waals surface area contributed by atoms with Crippen LogP contribution < -0.4 is 10.6 Å². The van der Waals surface area contributed by atoms with Crippen molar-refractivity contribution in [3.63, 3.8) is 0 Å². The monoisotopic (exact) mass is 337 g/mol. The fourth-order valence-corrected chi connectivity index (χ4v) is 3.72. The van der Waals surface area contributed by atoms with Crippen LogP contribution in [-0.2, 0) is 6.42 Å². The van der Waals surface area contributed by atoms with Crippen molar-refractivity contribution in [2.75, 3.05) is 33.2 Å². The number of thiazole rings is 1. The van der Waals surface area contributed by atoms with Crippen LogP contribution >= 0.6 is 11.3 Å². The van der Waals surface area contributed by atoms with E-state index in [2.05, 4.69) is 46.3 Å². The molecule has 6 heteroatoms. The predicted molar refractivity (Wildman–Crippen MR) is 99.4 cm³/mol. The molecule has 130 valence electrons. The molecule has 2 heterocycles. The first kappa shape index (κ1) is 18.2. The van der Waals surface area contributed by atoms with Crippen LogP contribution in [0.5, 0.6) is 0 Å². The van der Waals surface area contributed by atoms with Crippen LogP contribution in [0.1, 0.15) is 43.0 Å². The molecule has 0 amide bonds. The number of hydrogen-bond acceptors (Lipinski definition) is 4. The number of likely N-dealkylation sites (tertiary alicyclic amines) is 1. The van der Waals surface area contributed by atoms with Crippen LogP contribution in [0.25, 0.3) is 0 Å². The maximum Gasteiger partial charge on any atom is 0.191 e. The minimum atomic E-state index is 0.157. The van der Waals surface area contributed by atoms with Crippen LogP contribution in [0.3, 0.4) is 0 Å². The Morgan fingerprint density at radius 1 is 1.30 bits per heavy atom. The molecule has 1 saturated heterocycles. The number of aryl methyl sites for hydroxylation is 1. The number of nitrogens with zero attached hydrogens (tertiary/aromatic N) is 3. The Balaban J connectivity index is 1.73. The average molecular weight is 338 g/mol. The van der Waals surface area contributed by atoms with E-state index in [4.69, 9.17) is 0 Å². The molecule has 0 radical (unpaired) electrons. The third-order valence-electron chi connectivity index (χ3n) is 4.42. The van der Waals surface area contributed by atoms with E-state index < -0.39 is 0 Å². The van der Waals surface area contributed by atoms with Gasteiger partial charge in [0.25, 0.3) is 0 Å². The van der Waals surface area contributed by atoms with Gasteiger partial charge in [0.2, 0.25) is 0 Å². The van der Waals surface area contributed by atoms with Crippen LogP contribution in [0.15, 0.2) is 11.2 Å². The number of aromatic nitrogens is 1. The highest BCUT2D eigenvalue weighted by molar-refractivity contribution is 7.11. The zero-order valence-electron chi connectivity index (χ0n) is 15.0. The topological polar surface area (TPSA) is 52.6 Å². The Hall–Kier alpha value is -1.14. The van der Waals surface area contributed by atoms with Crippen molar-refractivity contribution in [3.8, 4) is 0 Å². The molecule has 23 heavy (non-hydrogen) atoms. The fourth-order valence-electron chi connectivity index (χ4n) is 2.94. The SMILES string of the molecule is CN=C(NCCc1ncc(C)s1)NCC(C)(C)N1CCCCC1. The number of piperidine rings is 1. The first-order chi connectivity index (χ1) is 11.0. The Labute approximate surface area is 144 Å². The maximum absolute atomic E-state index is 4.40. The third-order valence-corrected chi connectivity index (χ3v) is 5.40. The molecular formula is C17H31N5S. The highest BCUT2D eigenvalue weighted by Gasteiger charge is 2.27. The summed E-state index contributed by atoms with van der Waals surface area (Å²) in [5.41, 5.74) is 0.157. The normalized spacial score (nSPS) is 17.3. The molecule has 1 fully saturated rings. The average Bonchev–Trinajstić information content (AvgIpc) is 2.97. The molecule has 1 aliphatic rings. The number of aliphatic imine (C=N–C) groups is 1. The molecule has 2 N–H and O–H groups in total. The van der Waals surface area contributed by atoms with Crippen LogP contribution in [0.2, 0.25) is 0 Å². The van der Waals surface area contributed by atoms with Crippen molar-refractivity contribution in [3.05, 3.63) is 16.1 Å². The van der Waals surface area contributed by atoms with Gasteiger partial charge in [-0.2, -0.15) is 0 Å². The lowest BCUT2D eigenvalue weighted by Gasteiger charge is -2.41. The fraction of sp³-hybridized carbons (Fsp3) is 0.765. The van der Waals surface area contributed by atoms with Crippen LogP contribution in [-0.4, -0.2) is 54.6 Å². The molecule has 0 spiro atoms. The molecular weight excluding hydrogens is 306 g/mol. The van der Waals surface area contributed by atoms with Crippen LogP contribution in [0.4, 0.5) is 0 Å². The lowest BCUT2D eigenvalue weighted by molar-refractivity contribution is 0.0982. The Bertz CT molecular complexity index is 503. The van der Waals surface area contributed by atoms with Crippen molar-refractivity contribution >= 4 is 17.3 Å². The molecule has 1 aliphatic heterocycles. The van der Waals surface area contributed by atoms with Gasteiger partial charge < -0.3 is 10.6 Å². The maximum atomic E-state index is 4.40. The lowest BCUT2D eigenvalue weighted by atomic mass is 9.98. The van der Waals surface area contributed by atoms with E-state index in [0.717, 1.165) is 25.5 Å². The molecule has 1 aromatic rings. The van der Waals surface area contributed by atoms with Gasteiger partial charge in [0.15, 0.2) is 5.96 Å². The molecule has 1 aromatic heterocycles. The molecule has 5 nitrogen and oxygen atoms in total. The molecule has 0 saturated carbocycles. The molecule has 0 aromatic carbocycles. The largest absolute Gasteiger partial charge is 0.356 e. The minimum Gasteiger partial charge on any atom is -0.356 e. The lowest BCUT2D eigenvalue weighted by Crippen LogP contribution is -2.55. The van der Waals surface area contributed by atoms with Gasteiger partial charge in [-0.3, -0.25) is 9.89 Å². The van der Waals surface area contributed by atoms with Crippen molar-refractivity contribution in [2.24, 2.45) is 4.99 Å². The van der Waals surface area contributed by atoms with E-state index in [-0.39, 0.29) is 5.54 Å². The summed E-state index contributed by atoms with van der Waals surface area (Å²) in [4.78, 5) is 12.6. The molecule has 0 unspecified atom stereocenters. The first-order valence-electron chi connectivity index (χ1n) is 8.62. The molecule has 0 aliphatic carbocycles. The summed E-state index contributed by atoms with van der Waals surface area (Å²) in [6, 6.07) is 0. The van der Waals surface area contributed by atoms with Crippen molar-refractivity contribution < 1.29 is 0 Å². The molecule has 0 bridgehead atoms. The minimum absolute atomic E-state index is 0.157. The van der Waals surface area contributed by atoms with Gasteiger partial charge in [0.1, 0.15) is 0 Å². The zero-order chi connectivity index (χ0) is 16.7. The van der Waals surface area contributed by atoms with E-state index in [9.17, 15) is 0 Å². The predicted octanol–water partition coefficient (Wildman–Crippen LogP) is 2.42. The Morgan fingerprint density at radius 3 is 2.65 bits per heavy atom. The second-order valence-corrected chi connectivity index (χ2v) is 8.15. The van der Waals surface area contributed by atoms with Crippen LogP contribution in [0, 0.1) is 6.92 Å². The van der Waals surface area contributed by atoms with E-state index in [1.165, 1.54) is 42.2 Å². The Kier molecular flexibility index (Phi) is 6.84. The summed E-state index contributed by atoms with van der Waals surface area (Å²) in [5, 5.41) is 8.05. The number of rotatable bonds is 6. The number of nitrogens with one attached hydrogen (secondary N) is 2. The van der Waals surface area contributed by atoms with E-state index in [1.54, 1.807) is 11.3 Å². The highest BCUT2D eigenvalue weighted by Crippen LogP contribution is 2.19. The summed E-state index contributed by atoms with van der Waals surface area (Å²) in [6.07, 6.45) is 6.90. The van der Waals surface area contributed by atoms with Crippen molar-refractivity contribution in [2.45, 2.75) is 52.0 Å². The van der Waals surface area contributed by atoms with Gasteiger partial charge in [-0.1, -0.05) is 6.42 Å².